The number of hydrogen-bond donors (Lipinski definition) is 2. The van der Waals surface area contributed by atoms with E-state index >= 15 is 0 Å². The van der Waals surface area contributed by atoms with Gasteiger partial charge in [-0.25, -0.2) is 0 Å². The molecule has 1 amide bonds. The first-order chi connectivity index (χ1) is 15.7. The second-order valence-electron chi connectivity index (χ2n) is 8.90. The molecule has 2 N–H and O–H groups in total. The Morgan fingerprint density at radius 3 is 2.56 bits per heavy atom. The van der Waals surface area contributed by atoms with Crippen molar-refractivity contribution in [3.05, 3.63) is 57.7 Å². The van der Waals surface area contributed by atoms with Crippen LogP contribution in [-0.4, -0.2) is 41.6 Å². The summed E-state index contributed by atoms with van der Waals surface area (Å²) in [5.74, 6) is 0.500. The van der Waals surface area contributed by atoms with E-state index in [-0.39, 0.29) is 11.5 Å². The van der Waals surface area contributed by atoms with E-state index in [1.165, 1.54) is 43.4 Å². The maximum Gasteiger partial charge on any atom is 0.263 e. The van der Waals surface area contributed by atoms with E-state index in [4.69, 9.17) is 0 Å². The Bertz CT molecular complexity index is 1140. The Morgan fingerprint density at radius 1 is 1.03 bits per heavy atom. The normalized spacial score (nSPS) is 16.9. The van der Waals surface area contributed by atoms with E-state index in [1.807, 2.05) is 41.0 Å². The minimum absolute atomic E-state index is 0.00830. The molecule has 1 aromatic carbocycles. The van der Waals surface area contributed by atoms with Crippen molar-refractivity contribution >= 4 is 38.8 Å². The molecule has 0 bridgehead atoms. The lowest BCUT2D eigenvalue weighted by atomic mass is 10.1. The van der Waals surface area contributed by atoms with Crippen LogP contribution in [0.3, 0.4) is 0 Å². The minimum Gasteiger partial charge on any atom is -0.354 e. The molecule has 6 nitrogen and oxygen atoms in total. The fourth-order valence-electron chi connectivity index (χ4n) is 4.40. The fourth-order valence-corrected chi connectivity index (χ4v) is 5.58. The quantitative estimate of drug-likeness (QED) is 0.533. The van der Waals surface area contributed by atoms with Gasteiger partial charge in [-0.2, -0.15) is 0 Å². The van der Waals surface area contributed by atoms with Crippen molar-refractivity contribution in [2.45, 2.75) is 38.6 Å². The summed E-state index contributed by atoms with van der Waals surface area (Å²) in [5, 5.41) is 7.51. The summed E-state index contributed by atoms with van der Waals surface area (Å²) in [6.07, 6.45) is 6.14. The lowest BCUT2D eigenvalue weighted by Crippen LogP contribution is -2.37. The highest BCUT2D eigenvalue weighted by Gasteiger charge is 2.26. The number of aromatic nitrogens is 1. The predicted octanol–water partition coefficient (Wildman–Crippen LogP) is 4.43. The second kappa shape index (κ2) is 9.46. The van der Waals surface area contributed by atoms with Gasteiger partial charge in [-0.1, -0.05) is 24.6 Å². The number of pyridine rings is 1. The average molecular weight is 451 g/mol. The van der Waals surface area contributed by atoms with Crippen LogP contribution in [0.4, 0.5) is 11.4 Å². The van der Waals surface area contributed by atoms with E-state index in [1.54, 1.807) is 6.07 Å². The number of piperidine rings is 1. The summed E-state index contributed by atoms with van der Waals surface area (Å²) < 4.78 is 1.86. The zero-order chi connectivity index (χ0) is 21.9. The molecule has 1 aliphatic heterocycles. The second-order valence-corrected chi connectivity index (χ2v) is 9.90. The molecule has 1 saturated carbocycles. The zero-order valence-corrected chi connectivity index (χ0v) is 19.1. The van der Waals surface area contributed by atoms with E-state index < -0.39 is 0 Å². The molecule has 2 aliphatic rings. The van der Waals surface area contributed by atoms with Crippen LogP contribution in [0, 0.1) is 5.92 Å². The van der Waals surface area contributed by atoms with Crippen LogP contribution in [0.15, 0.2) is 47.3 Å². The van der Waals surface area contributed by atoms with Crippen molar-refractivity contribution in [2.24, 2.45) is 5.92 Å². The van der Waals surface area contributed by atoms with Gasteiger partial charge in [0.1, 0.15) is 9.71 Å². The third kappa shape index (κ3) is 4.74. The summed E-state index contributed by atoms with van der Waals surface area (Å²) in [4.78, 5) is 29.8. The Labute approximate surface area is 192 Å². The third-order valence-electron chi connectivity index (χ3n) is 6.38. The summed E-state index contributed by atoms with van der Waals surface area (Å²) in [6.45, 7) is 4.48. The van der Waals surface area contributed by atoms with Gasteiger partial charge in [-0.05, 0) is 62.9 Å². The maximum atomic E-state index is 13.3. The van der Waals surface area contributed by atoms with Crippen LogP contribution in [0.25, 0.3) is 10.2 Å². The van der Waals surface area contributed by atoms with Crippen LogP contribution in [0.5, 0.6) is 0 Å². The minimum atomic E-state index is -0.0768. The van der Waals surface area contributed by atoms with Crippen LogP contribution in [0.2, 0.25) is 0 Å². The van der Waals surface area contributed by atoms with Gasteiger partial charge < -0.3 is 15.5 Å². The molecule has 5 rings (SSSR count). The zero-order valence-electron chi connectivity index (χ0n) is 18.3. The monoisotopic (exact) mass is 450 g/mol. The maximum absolute atomic E-state index is 13.3. The number of thiophene rings is 1. The molecule has 0 atom stereocenters. The van der Waals surface area contributed by atoms with Gasteiger partial charge in [0.15, 0.2) is 0 Å². The van der Waals surface area contributed by atoms with E-state index in [9.17, 15) is 9.59 Å². The molecule has 0 spiro atoms. The molecule has 32 heavy (non-hydrogen) atoms. The van der Waals surface area contributed by atoms with Gasteiger partial charge in [-0.15, -0.1) is 11.3 Å². The first-order valence-corrected chi connectivity index (χ1v) is 12.5. The molecular weight excluding hydrogens is 420 g/mol. The standard InChI is InChI=1S/C25H30N4O2S/c30-21-12-11-20-22(27-19-7-3-1-4-8-19)23(32-25(20)29(21)17-18-9-10-18)24(31)26-13-16-28-14-5-2-6-15-28/h1,3-4,7-8,11-12,18,27H,2,5-6,9-10,13-17H2,(H,26,31). The smallest absolute Gasteiger partial charge is 0.263 e. The molecule has 1 aliphatic carbocycles. The molecule has 1 saturated heterocycles. The van der Waals surface area contributed by atoms with Crippen LogP contribution < -0.4 is 16.2 Å². The average Bonchev–Trinajstić information content (AvgIpc) is 3.57. The molecular formula is C25H30N4O2S. The molecule has 2 fully saturated rings. The van der Waals surface area contributed by atoms with Gasteiger partial charge in [0.05, 0.1) is 5.69 Å². The molecule has 168 valence electrons. The first-order valence-electron chi connectivity index (χ1n) is 11.7. The number of carbonyl (C=O) groups is 1. The number of likely N-dealkylation sites (tertiary alicyclic amines) is 1. The number of amides is 1. The van der Waals surface area contributed by atoms with Gasteiger partial charge in [-0.3, -0.25) is 14.2 Å². The summed E-state index contributed by atoms with van der Waals surface area (Å²) >= 11 is 1.42. The number of fused-ring (bicyclic) bond motifs is 1. The van der Waals surface area contributed by atoms with E-state index in [0.717, 1.165) is 47.8 Å². The largest absolute Gasteiger partial charge is 0.354 e. The predicted molar refractivity (Wildman–Crippen MR) is 131 cm³/mol. The summed E-state index contributed by atoms with van der Waals surface area (Å²) in [6, 6.07) is 13.4. The van der Waals surface area contributed by atoms with Crippen molar-refractivity contribution in [3.8, 4) is 0 Å². The lowest BCUT2D eigenvalue weighted by Gasteiger charge is -2.26. The van der Waals surface area contributed by atoms with Gasteiger partial charge in [0.2, 0.25) is 0 Å². The van der Waals surface area contributed by atoms with Gasteiger partial charge >= 0.3 is 0 Å². The Morgan fingerprint density at radius 2 is 1.81 bits per heavy atom. The molecule has 0 unspecified atom stereocenters. The Kier molecular flexibility index (Phi) is 6.28. The summed E-state index contributed by atoms with van der Waals surface area (Å²) in [5.41, 5.74) is 1.72. The molecule has 0 radical (unpaired) electrons. The number of carbonyl (C=O) groups excluding carboxylic acids is 1. The third-order valence-corrected chi connectivity index (χ3v) is 7.61. The number of para-hydroxylation sites is 1. The number of nitrogens with zero attached hydrogens (tertiary/aromatic N) is 2. The topological polar surface area (TPSA) is 66.4 Å². The van der Waals surface area contributed by atoms with E-state index in [0.29, 0.717) is 17.3 Å². The molecule has 3 heterocycles. The molecule has 3 aromatic rings. The van der Waals surface area contributed by atoms with Crippen molar-refractivity contribution in [3.63, 3.8) is 0 Å². The van der Waals surface area contributed by atoms with Gasteiger partial charge in [0, 0.05) is 36.8 Å². The van der Waals surface area contributed by atoms with Crippen molar-refractivity contribution in [1.29, 1.82) is 0 Å². The van der Waals surface area contributed by atoms with Crippen molar-refractivity contribution in [2.75, 3.05) is 31.5 Å². The van der Waals surface area contributed by atoms with Gasteiger partial charge in [0.25, 0.3) is 11.5 Å². The number of nitrogens with one attached hydrogen (secondary N) is 2. The number of hydrogen-bond acceptors (Lipinski definition) is 5. The van der Waals surface area contributed by atoms with Crippen LogP contribution in [-0.2, 0) is 6.54 Å². The fraction of sp³-hybridized carbons (Fsp3) is 0.440. The van der Waals surface area contributed by atoms with Crippen molar-refractivity contribution in [1.82, 2.24) is 14.8 Å². The van der Waals surface area contributed by atoms with E-state index in [2.05, 4.69) is 15.5 Å². The van der Waals surface area contributed by atoms with Crippen molar-refractivity contribution < 1.29 is 4.79 Å². The first kappa shape index (κ1) is 21.2. The summed E-state index contributed by atoms with van der Waals surface area (Å²) in [7, 11) is 0. The highest BCUT2D eigenvalue weighted by atomic mass is 32.1. The highest BCUT2D eigenvalue weighted by molar-refractivity contribution is 7.21. The SMILES string of the molecule is O=C(NCCN1CCCCC1)c1sc2c(ccc(=O)n2CC2CC2)c1Nc1ccccc1. The lowest BCUT2D eigenvalue weighted by molar-refractivity contribution is 0.0951. The number of rotatable bonds is 8. The highest BCUT2D eigenvalue weighted by Crippen LogP contribution is 2.38. The van der Waals surface area contributed by atoms with Crippen LogP contribution in [0.1, 0.15) is 41.8 Å². The number of benzene rings is 1. The van der Waals surface area contributed by atoms with Crippen LogP contribution >= 0.6 is 11.3 Å². The molecule has 7 heteroatoms. The Balaban J connectivity index is 1.44. The molecule has 2 aromatic heterocycles. The number of anilines is 2. The Hall–Kier alpha value is -2.64.